The quantitative estimate of drug-likeness (QED) is 0.823. The molecule has 19 heavy (non-hydrogen) atoms. The molecule has 2 rings (SSSR count). The Morgan fingerprint density at radius 2 is 2.00 bits per heavy atom. The second-order valence-corrected chi connectivity index (χ2v) is 4.51. The Kier molecular flexibility index (Phi) is 3.71. The zero-order valence-electron chi connectivity index (χ0n) is 10.1. The molecular weight excluding hydrogens is 269 g/mol. The predicted octanol–water partition coefficient (Wildman–Crippen LogP) is 3.75. The Morgan fingerprint density at radius 1 is 1.26 bits per heavy atom. The van der Waals surface area contributed by atoms with E-state index in [0.29, 0.717) is 5.69 Å². The van der Waals surface area contributed by atoms with E-state index in [0.717, 1.165) is 5.56 Å². The summed E-state index contributed by atoms with van der Waals surface area (Å²) in [4.78, 5) is 12.0. The van der Waals surface area contributed by atoms with Gasteiger partial charge in [0.25, 0.3) is 5.91 Å². The van der Waals surface area contributed by atoms with Crippen LogP contribution in [0.1, 0.15) is 15.9 Å². The van der Waals surface area contributed by atoms with E-state index in [9.17, 15) is 14.3 Å². The number of carbonyl (C=O) groups is 1. The van der Waals surface area contributed by atoms with Gasteiger partial charge in [-0.15, -0.1) is 0 Å². The van der Waals surface area contributed by atoms with Crippen molar-refractivity contribution < 1.29 is 14.3 Å². The molecule has 1 amide bonds. The fraction of sp³-hybridized carbons (Fsp3) is 0.0714. The third-order valence-corrected chi connectivity index (χ3v) is 2.88. The lowest BCUT2D eigenvalue weighted by molar-refractivity contribution is 0.102. The van der Waals surface area contributed by atoms with E-state index >= 15 is 0 Å². The fourth-order valence-corrected chi connectivity index (χ4v) is 1.83. The number of carbonyl (C=O) groups excluding carboxylic acids is 1. The highest BCUT2D eigenvalue weighted by Crippen LogP contribution is 2.26. The first-order chi connectivity index (χ1) is 8.97. The van der Waals surface area contributed by atoms with Crippen LogP contribution in [0.25, 0.3) is 0 Å². The Labute approximate surface area is 114 Å². The maximum absolute atomic E-state index is 13.6. The van der Waals surface area contributed by atoms with Crippen LogP contribution >= 0.6 is 11.6 Å². The second kappa shape index (κ2) is 5.28. The monoisotopic (exact) mass is 279 g/mol. The molecule has 5 heteroatoms. The number of amides is 1. The van der Waals surface area contributed by atoms with Crippen LogP contribution in [0.3, 0.4) is 0 Å². The van der Waals surface area contributed by atoms with Gasteiger partial charge in [-0.25, -0.2) is 4.39 Å². The largest absolute Gasteiger partial charge is 0.508 e. The standard InChI is InChI=1S/C14H11ClFNO2/c1-8-2-4-12(16)10(6-8)14(19)17-13-5-3-9(18)7-11(13)15/h2-7,18H,1H3,(H,17,19). The summed E-state index contributed by atoms with van der Waals surface area (Å²) in [6, 6.07) is 8.41. The van der Waals surface area contributed by atoms with E-state index in [1.54, 1.807) is 13.0 Å². The van der Waals surface area contributed by atoms with Gasteiger partial charge in [0, 0.05) is 6.07 Å². The molecule has 0 aromatic heterocycles. The Balaban J connectivity index is 2.28. The first-order valence-electron chi connectivity index (χ1n) is 5.53. The van der Waals surface area contributed by atoms with Crippen molar-refractivity contribution in [1.29, 1.82) is 0 Å². The maximum atomic E-state index is 13.6. The number of phenols is 1. The molecule has 0 aliphatic rings. The van der Waals surface area contributed by atoms with E-state index < -0.39 is 11.7 Å². The first-order valence-corrected chi connectivity index (χ1v) is 5.91. The lowest BCUT2D eigenvalue weighted by Gasteiger charge is -2.08. The van der Waals surface area contributed by atoms with Crippen LogP contribution in [0.4, 0.5) is 10.1 Å². The van der Waals surface area contributed by atoms with Crippen molar-refractivity contribution in [2.45, 2.75) is 6.92 Å². The average molecular weight is 280 g/mol. The number of phenolic OH excluding ortho intramolecular Hbond substituents is 1. The molecule has 0 spiro atoms. The van der Waals surface area contributed by atoms with Gasteiger partial charge in [0.05, 0.1) is 16.3 Å². The Morgan fingerprint density at radius 3 is 2.68 bits per heavy atom. The molecule has 0 bridgehead atoms. The molecule has 0 unspecified atom stereocenters. The van der Waals surface area contributed by atoms with Crippen LogP contribution in [-0.4, -0.2) is 11.0 Å². The summed E-state index contributed by atoms with van der Waals surface area (Å²) in [6.07, 6.45) is 0. The number of aromatic hydroxyl groups is 1. The minimum Gasteiger partial charge on any atom is -0.508 e. The number of anilines is 1. The lowest BCUT2D eigenvalue weighted by Crippen LogP contribution is -2.14. The van der Waals surface area contributed by atoms with Crippen LogP contribution in [0.15, 0.2) is 36.4 Å². The van der Waals surface area contributed by atoms with Crippen LogP contribution in [0.2, 0.25) is 5.02 Å². The van der Waals surface area contributed by atoms with Crippen molar-refractivity contribution in [2.75, 3.05) is 5.32 Å². The van der Waals surface area contributed by atoms with Crippen molar-refractivity contribution in [3.05, 3.63) is 58.4 Å². The van der Waals surface area contributed by atoms with Crippen molar-refractivity contribution in [2.24, 2.45) is 0 Å². The number of halogens is 2. The van der Waals surface area contributed by atoms with Gasteiger partial charge in [0.1, 0.15) is 11.6 Å². The molecule has 0 aliphatic heterocycles. The van der Waals surface area contributed by atoms with Gasteiger partial charge < -0.3 is 10.4 Å². The van der Waals surface area contributed by atoms with Crippen LogP contribution in [0.5, 0.6) is 5.75 Å². The third-order valence-electron chi connectivity index (χ3n) is 2.57. The molecule has 0 saturated carbocycles. The van der Waals surface area contributed by atoms with Crippen LogP contribution in [-0.2, 0) is 0 Å². The average Bonchev–Trinajstić information content (AvgIpc) is 2.35. The molecule has 98 valence electrons. The molecule has 2 aromatic rings. The highest BCUT2D eigenvalue weighted by molar-refractivity contribution is 6.34. The van der Waals surface area contributed by atoms with Crippen molar-refractivity contribution in [1.82, 2.24) is 0 Å². The zero-order chi connectivity index (χ0) is 14.0. The van der Waals surface area contributed by atoms with E-state index in [4.69, 9.17) is 11.6 Å². The summed E-state index contributed by atoms with van der Waals surface area (Å²) < 4.78 is 13.6. The highest BCUT2D eigenvalue weighted by atomic mass is 35.5. The number of benzene rings is 2. The summed E-state index contributed by atoms with van der Waals surface area (Å²) in [5.41, 5.74) is 1.04. The molecule has 0 aliphatic carbocycles. The van der Waals surface area contributed by atoms with Crippen molar-refractivity contribution in [3.8, 4) is 5.75 Å². The Bertz CT molecular complexity index is 643. The fourth-order valence-electron chi connectivity index (χ4n) is 1.61. The Hall–Kier alpha value is -2.07. The van der Waals surface area contributed by atoms with E-state index in [2.05, 4.69) is 5.32 Å². The number of nitrogens with one attached hydrogen (secondary N) is 1. The van der Waals surface area contributed by atoms with E-state index in [1.807, 2.05) is 0 Å². The molecule has 0 saturated heterocycles. The summed E-state index contributed by atoms with van der Waals surface area (Å²) in [6.45, 7) is 1.77. The lowest BCUT2D eigenvalue weighted by atomic mass is 10.1. The molecule has 0 atom stereocenters. The summed E-state index contributed by atoms with van der Waals surface area (Å²) in [5.74, 6) is -1.20. The summed E-state index contributed by atoms with van der Waals surface area (Å²) in [7, 11) is 0. The molecular formula is C14H11ClFNO2. The molecule has 3 nitrogen and oxygen atoms in total. The van der Waals surface area contributed by atoms with Gasteiger partial charge in [-0.05, 0) is 31.2 Å². The van der Waals surface area contributed by atoms with Crippen molar-refractivity contribution in [3.63, 3.8) is 0 Å². The minimum absolute atomic E-state index is 0.00950. The van der Waals surface area contributed by atoms with Gasteiger partial charge in [-0.3, -0.25) is 4.79 Å². The van der Waals surface area contributed by atoms with Crippen LogP contribution < -0.4 is 5.32 Å². The number of hydrogen-bond acceptors (Lipinski definition) is 2. The predicted molar refractivity (Wildman–Crippen MR) is 72.2 cm³/mol. The topological polar surface area (TPSA) is 49.3 Å². The van der Waals surface area contributed by atoms with Gasteiger partial charge in [-0.1, -0.05) is 23.2 Å². The summed E-state index contributed by atoms with van der Waals surface area (Å²) >= 11 is 5.86. The van der Waals surface area contributed by atoms with Gasteiger partial charge in [-0.2, -0.15) is 0 Å². The molecule has 0 heterocycles. The van der Waals surface area contributed by atoms with Gasteiger partial charge in [0.15, 0.2) is 0 Å². The highest BCUT2D eigenvalue weighted by Gasteiger charge is 2.13. The molecule has 2 aromatic carbocycles. The molecule has 2 N–H and O–H groups in total. The molecule has 0 fully saturated rings. The van der Waals surface area contributed by atoms with Gasteiger partial charge >= 0.3 is 0 Å². The number of rotatable bonds is 2. The van der Waals surface area contributed by atoms with E-state index in [1.165, 1.54) is 30.3 Å². The molecule has 0 radical (unpaired) electrons. The number of hydrogen-bond donors (Lipinski definition) is 2. The number of aryl methyl sites for hydroxylation is 1. The SMILES string of the molecule is Cc1ccc(F)c(C(=O)Nc2ccc(O)cc2Cl)c1. The second-order valence-electron chi connectivity index (χ2n) is 4.10. The third kappa shape index (κ3) is 3.03. The normalized spacial score (nSPS) is 10.3. The maximum Gasteiger partial charge on any atom is 0.258 e. The minimum atomic E-state index is -0.599. The zero-order valence-corrected chi connectivity index (χ0v) is 10.8. The first kappa shape index (κ1) is 13.4. The van der Waals surface area contributed by atoms with E-state index in [-0.39, 0.29) is 16.3 Å². The summed E-state index contributed by atoms with van der Waals surface area (Å²) in [5, 5.41) is 11.9. The van der Waals surface area contributed by atoms with Gasteiger partial charge in [0.2, 0.25) is 0 Å². The smallest absolute Gasteiger partial charge is 0.258 e. The van der Waals surface area contributed by atoms with Crippen LogP contribution in [0, 0.1) is 12.7 Å². The van der Waals surface area contributed by atoms with Crippen molar-refractivity contribution >= 4 is 23.2 Å².